The molecule has 1 heterocycles. The Morgan fingerprint density at radius 3 is 2.65 bits per heavy atom. The van der Waals surface area contributed by atoms with Gasteiger partial charge in [-0.05, 0) is 44.4 Å². The Balaban J connectivity index is 1.85. The van der Waals surface area contributed by atoms with E-state index in [2.05, 4.69) is 17.1 Å². The quantitative estimate of drug-likeness (QED) is 0.696. The van der Waals surface area contributed by atoms with E-state index in [1.165, 1.54) is 25.7 Å². The van der Waals surface area contributed by atoms with Gasteiger partial charge < -0.3 is 9.64 Å². The summed E-state index contributed by atoms with van der Waals surface area (Å²) in [5, 5.41) is 3.59. The van der Waals surface area contributed by atoms with E-state index in [-0.39, 0.29) is 6.04 Å². The van der Waals surface area contributed by atoms with Gasteiger partial charge in [0.15, 0.2) is 0 Å². The van der Waals surface area contributed by atoms with Crippen molar-refractivity contribution >= 4 is 5.91 Å². The van der Waals surface area contributed by atoms with Crippen LogP contribution in [0.2, 0.25) is 0 Å². The molecule has 0 aromatic carbocycles. The van der Waals surface area contributed by atoms with Crippen molar-refractivity contribution in [1.82, 2.24) is 10.2 Å². The highest BCUT2D eigenvalue weighted by Crippen LogP contribution is 2.32. The van der Waals surface area contributed by atoms with E-state index >= 15 is 0 Å². The summed E-state index contributed by atoms with van der Waals surface area (Å²) < 4.78 is 5.08. The second-order valence-electron chi connectivity index (χ2n) is 6.20. The maximum Gasteiger partial charge on any atom is 0.241 e. The molecule has 0 spiro atoms. The van der Waals surface area contributed by atoms with Crippen LogP contribution in [0.3, 0.4) is 0 Å². The lowest BCUT2D eigenvalue weighted by Gasteiger charge is -2.29. The Bertz CT molecular complexity index is 303. The normalized spacial score (nSPS) is 27.7. The molecule has 4 heteroatoms. The fraction of sp³-hybridized carbons (Fsp3) is 0.938. The van der Waals surface area contributed by atoms with Crippen molar-refractivity contribution in [2.45, 2.75) is 70.5 Å². The largest absolute Gasteiger partial charge is 0.385 e. The molecule has 0 aromatic heterocycles. The van der Waals surface area contributed by atoms with Gasteiger partial charge in [-0.1, -0.05) is 19.8 Å². The summed E-state index contributed by atoms with van der Waals surface area (Å²) in [6, 6.07) is 0.0552. The topological polar surface area (TPSA) is 41.6 Å². The molecule has 116 valence electrons. The van der Waals surface area contributed by atoms with Gasteiger partial charge in [0.2, 0.25) is 5.91 Å². The molecule has 0 radical (unpaired) electrons. The van der Waals surface area contributed by atoms with Gasteiger partial charge in [-0.15, -0.1) is 0 Å². The summed E-state index contributed by atoms with van der Waals surface area (Å²) in [6.45, 7) is 3.84. The molecular formula is C16H30N2O2. The van der Waals surface area contributed by atoms with E-state index in [1.54, 1.807) is 7.11 Å². The lowest BCUT2D eigenvalue weighted by Crippen LogP contribution is -2.43. The van der Waals surface area contributed by atoms with Crippen LogP contribution in [0.15, 0.2) is 0 Å². The van der Waals surface area contributed by atoms with Crippen molar-refractivity contribution in [2.24, 2.45) is 5.92 Å². The second-order valence-corrected chi connectivity index (χ2v) is 6.20. The molecule has 20 heavy (non-hydrogen) atoms. The molecule has 2 rings (SSSR count). The van der Waals surface area contributed by atoms with E-state index in [4.69, 9.17) is 4.74 Å². The predicted molar refractivity (Wildman–Crippen MR) is 80.4 cm³/mol. The van der Waals surface area contributed by atoms with Crippen LogP contribution in [0, 0.1) is 5.92 Å². The Labute approximate surface area is 123 Å². The monoisotopic (exact) mass is 282 g/mol. The highest BCUT2D eigenvalue weighted by molar-refractivity contribution is 5.84. The van der Waals surface area contributed by atoms with Crippen molar-refractivity contribution in [2.75, 3.05) is 20.3 Å². The van der Waals surface area contributed by atoms with Gasteiger partial charge in [0.25, 0.3) is 0 Å². The Hall–Kier alpha value is -0.610. The van der Waals surface area contributed by atoms with Gasteiger partial charge in [0, 0.05) is 20.3 Å². The van der Waals surface area contributed by atoms with Crippen LogP contribution in [-0.2, 0) is 9.53 Å². The summed E-state index contributed by atoms with van der Waals surface area (Å²) in [6.07, 6.45) is 9.76. The minimum atomic E-state index is 0.0552. The molecule has 2 unspecified atom stereocenters. The first-order chi connectivity index (χ1) is 9.77. The number of hydrogen-bond donors (Lipinski definition) is 1. The number of hydrogen-bond acceptors (Lipinski definition) is 3. The number of methoxy groups -OCH3 is 1. The van der Waals surface area contributed by atoms with E-state index in [0.717, 1.165) is 38.8 Å². The standard InChI is InChI=1S/C16H30N2O2/c1-3-14-16(19)18(11-7-4-8-12-20-2)15(17-14)13-9-5-6-10-13/h13-15,17H,3-12H2,1-2H3. The van der Waals surface area contributed by atoms with Crippen LogP contribution in [-0.4, -0.2) is 43.3 Å². The lowest BCUT2D eigenvalue weighted by atomic mass is 10.0. The third kappa shape index (κ3) is 3.73. The first-order valence-electron chi connectivity index (χ1n) is 8.33. The highest BCUT2D eigenvalue weighted by Gasteiger charge is 2.41. The zero-order valence-electron chi connectivity index (χ0n) is 13.1. The molecule has 0 bridgehead atoms. The average Bonchev–Trinajstić information content (AvgIpc) is 3.07. The van der Waals surface area contributed by atoms with Crippen LogP contribution >= 0.6 is 0 Å². The number of carbonyl (C=O) groups excluding carboxylic acids is 1. The fourth-order valence-electron chi connectivity index (χ4n) is 3.62. The summed E-state index contributed by atoms with van der Waals surface area (Å²) in [4.78, 5) is 14.6. The van der Waals surface area contributed by atoms with Crippen LogP contribution in [0.4, 0.5) is 0 Å². The third-order valence-electron chi connectivity index (χ3n) is 4.79. The first-order valence-corrected chi connectivity index (χ1v) is 8.33. The van der Waals surface area contributed by atoms with E-state index in [9.17, 15) is 4.79 Å². The van der Waals surface area contributed by atoms with Gasteiger partial charge in [0.1, 0.15) is 0 Å². The van der Waals surface area contributed by atoms with Crippen LogP contribution in [0.5, 0.6) is 0 Å². The summed E-state index contributed by atoms with van der Waals surface area (Å²) in [7, 11) is 1.75. The van der Waals surface area contributed by atoms with Gasteiger partial charge in [-0.25, -0.2) is 0 Å². The van der Waals surface area contributed by atoms with Crippen molar-refractivity contribution in [3.8, 4) is 0 Å². The molecule has 1 saturated carbocycles. The highest BCUT2D eigenvalue weighted by atomic mass is 16.5. The van der Waals surface area contributed by atoms with Gasteiger partial charge in [0.05, 0.1) is 12.2 Å². The van der Waals surface area contributed by atoms with Gasteiger partial charge in [-0.2, -0.15) is 0 Å². The molecule has 1 saturated heterocycles. The average molecular weight is 282 g/mol. The maximum absolute atomic E-state index is 12.5. The third-order valence-corrected chi connectivity index (χ3v) is 4.79. The molecule has 1 aliphatic heterocycles. The predicted octanol–water partition coefficient (Wildman–Crippen LogP) is 2.53. The fourth-order valence-corrected chi connectivity index (χ4v) is 3.62. The minimum absolute atomic E-state index is 0.0552. The van der Waals surface area contributed by atoms with Crippen LogP contribution in [0.25, 0.3) is 0 Å². The summed E-state index contributed by atoms with van der Waals surface area (Å²) in [5.41, 5.74) is 0. The van der Waals surface area contributed by atoms with E-state index in [0.29, 0.717) is 18.0 Å². The number of nitrogens with zero attached hydrogens (tertiary/aromatic N) is 1. The summed E-state index contributed by atoms with van der Waals surface area (Å²) in [5.74, 6) is 1.01. The number of amides is 1. The van der Waals surface area contributed by atoms with Crippen molar-refractivity contribution in [3.05, 3.63) is 0 Å². The molecule has 2 atom stereocenters. The molecule has 4 nitrogen and oxygen atoms in total. The van der Waals surface area contributed by atoms with E-state index < -0.39 is 0 Å². The lowest BCUT2D eigenvalue weighted by molar-refractivity contribution is -0.130. The van der Waals surface area contributed by atoms with E-state index in [1.807, 2.05) is 0 Å². The molecule has 2 aliphatic rings. The van der Waals surface area contributed by atoms with Crippen molar-refractivity contribution < 1.29 is 9.53 Å². The Kier molecular flexibility index (Phi) is 6.30. The number of rotatable bonds is 8. The zero-order valence-corrected chi connectivity index (χ0v) is 13.1. The molecule has 1 amide bonds. The van der Waals surface area contributed by atoms with Crippen molar-refractivity contribution in [1.29, 1.82) is 0 Å². The first kappa shape index (κ1) is 15.8. The van der Waals surface area contributed by atoms with Gasteiger partial charge in [-0.3, -0.25) is 10.1 Å². The van der Waals surface area contributed by atoms with Crippen LogP contribution < -0.4 is 5.32 Å². The number of ether oxygens (including phenoxy) is 1. The maximum atomic E-state index is 12.5. The Morgan fingerprint density at radius 2 is 2.00 bits per heavy atom. The van der Waals surface area contributed by atoms with Crippen LogP contribution in [0.1, 0.15) is 58.3 Å². The molecule has 1 aliphatic carbocycles. The number of carbonyl (C=O) groups is 1. The second kappa shape index (κ2) is 7.99. The molecular weight excluding hydrogens is 252 g/mol. The van der Waals surface area contributed by atoms with Crippen molar-refractivity contribution in [3.63, 3.8) is 0 Å². The number of nitrogens with one attached hydrogen (secondary N) is 1. The Morgan fingerprint density at radius 1 is 1.25 bits per heavy atom. The zero-order chi connectivity index (χ0) is 14.4. The molecule has 2 fully saturated rings. The molecule has 1 N–H and O–H groups in total. The smallest absolute Gasteiger partial charge is 0.241 e. The summed E-state index contributed by atoms with van der Waals surface area (Å²) >= 11 is 0. The molecule has 0 aromatic rings. The SMILES string of the molecule is CCC1NC(C2CCCC2)N(CCCCCOC)C1=O. The minimum Gasteiger partial charge on any atom is -0.385 e. The van der Waals surface area contributed by atoms with Gasteiger partial charge >= 0.3 is 0 Å². The number of unbranched alkanes of at least 4 members (excludes halogenated alkanes) is 2.